The van der Waals surface area contributed by atoms with Gasteiger partial charge in [-0.25, -0.2) is 4.98 Å². The smallest absolute Gasteiger partial charge is 0.436 e. The van der Waals surface area contributed by atoms with Gasteiger partial charge in [0.2, 0.25) is 5.88 Å². The van der Waals surface area contributed by atoms with Crippen molar-refractivity contribution in [3.05, 3.63) is 35.7 Å². The highest BCUT2D eigenvalue weighted by Crippen LogP contribution is 2.36. The largest absolute Gasteiger partial charge is 0.476 e. The van der Waals surface area contributed by atoms with E-state index in [1.54, 1.807) is 18.2 Å². The number of rotatable bonds is 3. The zero-order valence-corrected chi connectivity index (χ0v) is 12.8. The lowest BCUT2D eigenvalue weighted by Gasteiger charge is -2.19. The molecule has 122 valence electrons. The van der Waals surface area contributed by atoms with Crippen LogP contribution < -0.4 is 4.74 Å². The number of halogens is 3. The van der Waals surface area contributed by atoms with Gasteiger partial charge in [-0.15, -0.1) is 0 Å². The van der Waals surface area contributed by atoms with Gasteiger partial charge in [0.25, 0.3) is 0 Å². The second kappa shape index (κ2) is 5.91. The number of pyridine rings is 1. The maximum Gasteiger partial charge on any atom is 0.436 e. The van der Waals surface area contributed by atoms with E-state index < -0.39 is 17.4 Å². The summed E-state index contributed by atoms with van der Waals surface area (Å²) in [7, 11) is 0. The standard InChI is InChI=1S/C15H15F3N4O/c1-14(2,3)9-23-13-10(8-19)12(15(16,17)18)21-22(13)11-6-4-5-7-20-11/h4-7H,9H2,1-3H3. The van der Waals surface area contributed by atoms with Crippen LogP contribution in [0.3, 0.4) is 0 Å². The van der Waals surface area contributed by atoms with Crippen molar-refractivity contribution in [3.63, 3.8) is 0 Å². The molecule has 2 aromatic heterocycles. The van der Waals surface area contributed by atoms with Crippen LogP contribution in [0.2, 0.25) is 0 Å². The van der Waals surface area contributed by atoms with Crippen LogP contribution in [-0.4, -0.2) is 21.4 Å². The minimum absolute atomic E-state index is 0.123. The maximum atomic E-state index is 13.1. The van der Waals surface area contributed by atoms with E-state index in [1.807, 2.05) is 20.8 Å². The Morgan fingerprint density at radius 2 is 1.96 bits per heavy atom. The van der Waals surface area contributed by atoms with E-state index in [0.717, 1.165) is 4.68 Å². The molecule has 0 saturated carbocycles. The van der Waals surface area contributed by atoms with Gasteiger partial charge < -0.3 is 4.74 Å². The van der Waals surface area contributed by atoms with Gasteiger partial charge in [0, 0.05) is 6.20 Å². The summed E-state index contributed by atoms with van der Waals surface area (Å²) in [6, 6.07) is 6.26. The first-order valence-corrected chi connectivity index (χ1v) is 6.78. The highest BCUT2D eigenvalue weighted by molar-refractivity contribution is 5.47. The monoisotopic (exact) mass is 324 g/mol. The molecule has 23 heavy (non-hydrogen) atoms. The Morgan fingerprint density at radius 1 is 1.26 bits per heavy atom. The molecule has 0 aliphatic heterocycles. The molecule has 8 heteroatoms. The molecular weight excluding hydrogens is 309 g/mol. The minimum atomic E-state index is -4.76. The van der Waals surface area contributed by atoms with Gasteiger partial charge >= 0.3 is 6.18 Å². The quantitative estimate of drug-likeness (QED) is 0.865. The summed E-state index contributed by atoms with van der Waals surface area (Å²) in [5, 5.41) is 12.7. The van der Waals surface area contributed by atoms with Crippen molar-refractivity contribution in [1.29, 1.82) is 5.26 Å². The first kappa shape index (κ1) is 16.8. The zero-order valence-electron chi connectivity index (χ0n) is 12.8. The second-order valence-electron chi connectivity index (χ2n) is 6.09. The summed E-state index contributed by atoms with van der Waals surface area (Å²) in [6.45, 7) is 5.72. The topological polar surface area (TPSA) is 63.7 Å². The lowest BCUT2D eigenvalue weighted by molar-refractivity contribution is -0.141. The fourth-order valence-corrected chi connectivity index (χ4v) is 1.75. The summed E-state index contributed by atoms with van der Waals surface area (Å²) >= 11 is 0. The van der Waals surface area contributed by atoms with Crippen molar-refractivity contribution in [2.45, 2.75) is 26.9 Å². The Kier molecular flexibility index (Phi) is 4.32. The van der Waals surface area contributed by atoms with Gasteiger partial charge in [0.1, 0.15) is 11.6 Å². The number of aromatic nitrogens is 3. The third-order valence-electron chi connectivity index (χ3n) is 2.73. The highest BCUT2D eigenvalue weighted by atomic mass is 19.4. The number of nitriles is 1. The summed E-state index contributed by atoms with van der Waals surface area (Å²) in [4.78, 5) is 3.97. The van der Waals surface area contributed by atoms with Crippen LogP contribution in [0.5, 0.6) is 5.88 Å². The van der Waals surface area contributed by atoms with Gasteiger partial charge in [-0.1, -0.05) is 26.8 Å². The molecule has 0 N–H and O–H groups in total. The zero-order chi connectivity index (χ0) is 17.3. The number of hydrogen-bond acceptors (Lipinski definition) is 4. The van der Waals surface area contributed by atoms with Crippen molar-refractivity contribution in [2.24, 2.45) is 5.41 Å². The molecule has 0 unspecified atom stereocenters. The number of ether oxygens (including phenoxy) is 1. The molecule has 0 bridgehead atoms. The summed E-state index contributed by atoms with van der Waals surface area (Å²) in [5.41, 5.74) is -2.23. The summed E-state index contributed by atoms with van der Waals surface area (Å²) < 4.78 is 45.7. The number of hydrogen-bond donors (Lipinski definition) is 0. The van der Waals surface area contributed by atoms with Gasteiger partial charge in [0.15, 0.2) is 11.5 Å². The van der Waals surface area contributed by atoms with E-state index in [0.29, 0.717) is 0 Å². The fourth-order valence-electron chi connectivity index (χ4n) is 1.75. The van der Waals surface area contributed by atoms with Crippen molar-refractivity contribution in [1.82, 2.24) is 14.8 Å². The van der Waals surface area contributed by atoms with E-state index in [9.17, 15) is 13.2 Å². The average Bonchev–Trinajstić information content (AvgIpc) is 2.84. The minimum Gasteiger partial charge on any atom is -0.476 e. The van der Waals surface area contributed by atoms with Gasteiger partial charge in [-0.05, 0) is 17.5 Å². The van der Waals surface area contributed by atoms with Crippen molar-refractivity contribution in [2.75, 3.05) is 6.61 Å². The Bertz CT molecular complexity index is 724. The maximum absolute atomic E-state index is 13.1. The molecule has 0 aromatic carbocycles. The van der Waals surface area contributed by atoms with E-state index in [2.05, 4.69) is 10.1 Å². The summed E-state index contributed by atoms with van der Waals surface area (Å²) in [5.74, 6) is -0.114. The van der Waals surface area contributed by atoms with Crippen LogP contribution in [0, 0.1) is 16.7 Å². The molecule has 0 aliphatic rings. The van der Waals surface area contributed by atoms with Gasteiger partial charge in [0.05, 0.1) is 6.61 Å². The predicted molar refractivity (Wildman–Crippen MR) is 76.0 cm³/mol. The molecule has 0 spiro atoms. The molecule has 0 saturated heterocycles. The number of alkyl halides is 3. The van der Waals surface area contributed by atoms with Crippen molar-refractivity contribution >= 4 is 0 Å². The third kappa shape index (κ3) is 3.80. The Balaban J connectivity index is 2.60. The molecular formula is C15H15F3N4O. The molecule has 0 amide bonds. The highest BCUT2D eigenvalue weighted by Gasteiger charge is 2.40. The SMILES string of the molecule is CC(C)(C)COc1c(C#N)c(C(F)(F)F)nn1-c1ccccn1. The van der Waals surface area contributed by atoms with Crippen molar-refractivity contribution in [3.8, 4) is 17.8 Å². The molecule has 2 heterocycles. The predicted octanol–water partition coefficient (Wildman–Crippen LogP) is 3.58. The van der Waals surface area contributed by atoms with Crippen LogP contribution in [0.25, 0.3) is 5.82 Å². The Labute approximate surface area is 131 Å². The van der Waals surface area contributed by atoms with Crippen LogP contribution in [0.15, 0.2) is 24.4 Å². The molecule has 0 aliphatic carbocycles. The van der Waals surface area contributed by atoms with Crippen molar-refractivity contribution < 1.29 is 17.9 Å². The first-order valence-electron chi connectivity index (χ1n) is 6.78. The Morgan fingerprint density at radius 3 is 2.43 bits per heavy atom. The molecule has 0 radical (unpaired) electrons. The summed E-state index contributed by atoms with van der Waals surface area (Å²) in [6.07, 6.45) is -3.34. The first-order chi connectivity index (χ1) is 10.6. The van der Waals surface area contributed by atoms with Crippen LogP contribution in [-0.2, 0) is 6.18 Å². The average molecular weight is 324 g/mol. The van der Waals surface area contributed by atoms with Gasteiger partial charge in [-0.2, -0.15) is 28.2 Å². The molecule has 0 atom stereocenters. The second-order valence-corrected chi connectivity index (χ2v) is 6.09. The molecule has 5 nitrogen and oxygen atoms in total. The molecule has 2 rings (SSSR count). The lowest BCUT2D eigenvalue weighted by atomic mass is 9.99. The third-order valence-corrected chi connectivity index (χ3v) is 2.73. The van der Waals surface area contributed by atoms with E-state index in [-0.39, 0.29) is 23.7 Å². The van der Waals surface area contributed by atoms with Crippen LogP contribution in [0.1, 0.15) is 32.0 Å². The van der Waals surface area contributed by atoms with Gasteiger partial charge in [-0.3, -0.25) is 0 Å². The molecule has 0 fully saturated rings. The lowest BCUT2D eigenvalue weighted by Crippen LogP contribution is -2.18. The number of nitrogens with zero attached hydrogens (tertiary/aromatic N) is 4. The van der Waals surface area contributed by atoms with Crippen LogP contribution >= 0.6 is 0 Å². The molecule has 2 aromatic rings. The van der Waals surface area contributed by atoms with E-state index >= 15 is 0 Å². The van der Waals surface area contributed by atoms with Crippen LogP contribution in [0.4, 0.5) is 13.2 Å². The van der Waals surface area contributed by atoms with E-state index in [1.165, 1.54) is 12.3 Å². The Hall–Kier alpha value is -2.56. The normalized spacial score (nSPS) is 12.0. The fraction of sp³-hybridized carbons (Fsp3) is 0.400. The van der Waals surface area contributed by atoms with E-state index in [4.69, 9.17) is 10.00 Å².